The van der Waals surface area contributed by atoms with Crippen molar-refractivity contribution in [3.05, 3.63) is 41.1 Å². The van der Waals surface area contributed by atoms with E-state index >= 15 is 0 Å². The fraction of sp³-hybridized carbons (Fsp3) is 0.400. The molecule has 5 nitrogen and oxygen atoms in total. The second-order valence-corrected chi connectivity index (χ2v) is 7.87. The highest BCUT2D eigenvalue weighted by Crippen LogP contribution is 2.50. The van der Waals surface area contributed by atoms with Crippen molar-refractivity contribution in [3.63, 3.8) is 0 Å². The van der Waals surface area contributed by atoms with Crippen LogP contribution in [0.5, 0.6) is 0 Å². The first-order valence-corrected chi connectivity index (χ1v) is 9.07. The third-order valence-corrected chi connectivity index (χ3v) is 5.94. The molecule has 5 heteroatoms. The number of aromatic amines is 2. The Labute approximate surface area is 146 Å². The number of aromatic nitrogens is 3. The van der Waals surface area contributed by atoms with E-state index in [1.807, 2.05) is 24.4 Å². The van der Waals surface area contributed by atoms with Gasteiger partial charge in [0.05, 0.1) is 17.6 Å². The number of H-pyrrole nitrogens is 2. The van der Waals surface area contributed by atoms with Crippen molar-refractivity contribution >= 4 is 16.8 Å². The van der Waals surface area contributed by atoms with E-state index in [0.29, 0.717) is 6.04 Å². The molecular weight excluding hydrogens is 312 g/mol. The van der Waals surface area contributed by atoms with Crippen molar-refractivity contribution < 1.29 is 4.79 Å². The highest BCUT2D eigenvalue weighted by molar-refractivity contribution is 6.02. The summed E-state index contributed by atoms with van der Waals surface area (Å²) in [6, 6.07) is 6.31. The lowest BCUT2D eigenvalue weighted by Gasteiger charge is -2.19. The largest absolute Gasteiger partial charge is 0.353 e. The highest BCUT2D eigenvalue weighted by atomic mass is 16.1. The van der Waals surface area contributed by atoms with Crippen LogP contribution in [0.15, 0.2) is 24.4 Å². The minimum atomic E-state index is -0.129. The molecule has 0 saturated heterocycles. The summed E-state index contributed by atoms with van der Waals surface area (Å²) in [5.41, 5.74) is 6.30. The molecular formula is C20H22N4O. The average molecular weight is 334 g/mol. The summed E-state index contributed by atoms with van der Waals surface area (Å²) in [5, 5.41) is 11.6. The van der Waals surface area contributed by atoms with Gasteiger partial charge in [-0.3, -0.25) is 9.89 Å². The fourth-order valence-electron chi connectivity index (χ4n) is 4.59. The molecule has 2 aliphatic carbocycles. The summed E-state index contributed by atoms with van der Waals surface area (Å²) in [4.78, 5) is 16.2. The van der Waals surface area contributed by atoms with Gasteiger partial charge < -0.3 is 10.3 Å². The quantitative estimate of drug-likeness (QED) is 0.665. The van der Waals surface area contributed by atoms with Gasteiger partial charge in [-0.15, -0.1) is 0 Å². The Bertz CT molecular complexity index is 988. The minimum Gasteiger partial charge on any atom is -0.353 e. The van der Waals surface area contributed by atoms with Crippen LogP contribution in [0, 0.1) is 0 Å². The molecule has 5 rings (SSSR count). The topological polar surface area (TPSA) is 73.6 Å². The number of hydrogen-bond donors (Lipinski definition) is 3. The number of hydrogen-bond acceptors (Lipinski definition) is 2. The maximum absolute atomic E-state index is 12.7. The third-order valence-electron chi connectivity index (χ3n) is 5.94. The van der Waals surface area contributed by atoms with Gasteiger partial charge in [-0.1, -0.05) is 26.7 Å². The number of nitrogens with one attached hydrogen (secondary N) is 3. The van der Waals surface area contributed by atoms with Gasteiger partial charge in [-0.2, -0.15) is 5.10 Å². The standard InChI is InChI=1S/C20H22N4O/c1-20(2)14-10-21-24-17(14)18-16(20)13-9-11(7-8-15(13)23-18)19(25)22-12-5-3-4-6-12/h7-10,12,23H,3-6H2,1-2H3,(H,21,24)(H,22,25). The Morgan fingerprint density at radius 1 is 1.24 bits per heavy atom. The average Bonchev–Trinajstić information content (AvgIpc) is 3.33. The zero-order valence-corrected chi connectivity index (χ0v) is 14.6. The van der Waals surface area contributed by atoms with Crippen LogP contribution in [0.4, 0.5) is 0 Å². The molecule has 0 unspecified atom stereocenters. The van der Waals surface area contributed by atoms with E-state index in [0.717, 1.165) is 40.7 Å². The van der Waals surface area contributed by atoms with E-state index in [1.54, 1.807) is 0 Å². The summed E-state index contributed by atoms with van der Waals surface area (Å²) in [6.45, 7) is 4.43. The number of carbonyl (C=O) groups excluding carboxylic acids is 1. The number of carbonyl (C=O) groups is 1. The molecule has 128 valence electrons. The molecule has 2 aromatic heterocycles. The highest BCUT2D eigenvalue weighted by Gasteiger charge is 2.40. The number of benzene rings is 1. The molecule has 0 spiro atoms. The lowest BCUT2D eigenvalue weighted by atomic mass is 9.82. The molecule has 0 radical (unpaired) electrons. The molecule has 1 saturated carbocycles. The van der Waals surface area contributed by atoms with Crippen LogP contribution in [-0.4, -0.2) is 27.1 Å². The smallest absolute Gasteiger partial charge is 0.251 e. The monoisotopic (exact) mass is 334 g/mol. The predicted molar refractivity (Wildman–Crippen MR) is 97.7 cm³/mol. The van der Waals surface area contributed by atoms with Gasteiger partial charge in [0.15, 0.2) is 0 Å². The Morgan fingerprint density at radius 3 is 2.84 bits per heavy atom. The zero-order valence-electron chi connectivity index (χ0n) is 14.6. The van der Waals surface area contributed by atoms with Crippen molar-refractivity contribution in [2.24, 2.45) is 0 Å². The molecule has 3 aromatic rings. The Kier molecular flexibility index (Phi) is 2.94. The summed E-state index contributed by atoms with van der Waals surface area (Å²) < 4.78 is 0. The molecule has 2 aliphatic rings. The fourth-order valence-corrected chi connectivity index (χ4v) is 4.59. The lowest BCUT2D eigenvalue weighted by Crippen LogP contribution is -2.32. The van der Waals surface area contributed by atoms with Crippen molar-refractivity contribution in [2.45, 2.75) is 51.0 Å². The van der Waals surface area contributed by atoms with E-state index in [4.69, 9.17) is 0 Å². The van der Waals surface area contributed by atoms with E-state index in [-0.39, 0.29) is 11.3 Å². The predicted octanol–water partition coefficient (Wildman–Crippen LogP) is 3.87. The van der Waals surface area contributed by atoms with Crippen LogP contribution in [-0.2, 0) is 5.41 Å². The lowest BCUT2D eigenvalue weighted by molar-refractivity contribution is 0.0938. The zero-order chi connectivity index (χ0) is 17.2. The SMILES string of the molecule is CC1(C)c2cn[nH]c2-c2[nH]c3ccc(C(=O)NC4CCCC4)cc3c21. The number of nitrogens with zero attached hydrogens (tertiary/aromatic N) is 1. The van der Waals surface area contributed by atoms with Crippen LogP contribution >= 0.6 is 0 Å². The third kappa shape index (κ3) is 2.01. The second-order valence-electron chi connectivity index (χ2n) is 7.87. The van der Waals surface area contributed by atoms with E-state index in [1.165, 1.54) is 24.0 Å². The van der Waals surface area contributed by atoms with Crippen LogP contribution in [0.25, 0.3) is 22.3 Å². The normalized spacial score (nSPS) is 18.5. The summed E-state index contributed by atoms with van der Waals surface area (Å²) >= 11 is 0. The molecule has 0 aliphatic heterocycles. The number of amides is 1. The van der Waals surface area contributed by atoms with Crippen molar-refractivity contribution in [1.82, 2.24) is 20.5 Å². The second kappa shape index (κ2) is 4.97. The van der Waals surface area contributed by atoms with Crippen LogP contribution in [0.2, 0.25) is 0 Å². The Hall–Kier alpha value is -2.56. The minimum absolute atomic E-state index is 0.0414. The molecule has 3 N–H and O–H groups in total. The van der Waals surface area contributed by atoms with Gasteiger partial charge in [0.1, 0.15) is 0 Å². The molecule has 25 heavy (non-hydrogen) atoms. The van der Waals surface area contributed by atoms with Gasteiger partial charge in [-0.05, 0) is 36.6 Å². The first kappa shape index (κ1) is 14.8. The first-order valence-electron chi connectivity index (χ1n) is 9.07. The molecule has 0 bridgehead atoms. The molecule has 1 aromatic carbocycles. The van der Waals surface area contributed by atoms with Gasteiger partial charge in [0, 0.05) is 33.5 Å². The maximum atomic E-state index is 12.7. The van der Waals surface area contributed by atoms with E-state index in [9.17, 15) is 4.79 Å². The Balaban J connectivity index is 1.59. The van der Waals surface area contributed by atoms with E-state index in [2.05, 4.69) is 34.3 Å². The summed E-state index contributed by atoms with van der Waals surface area (Å²) in [6.07, 6.45) is 6.54. The van der Waals surface area contributed by atoms with E-state index < -0.39 is 0 Å². The van der Waals surface area contributed by atoms with Gasteiger partial charge in [-0.25, -0.2) is 0 Å². The van der Waals surface area contributed by atoms with Gasteiger partial charge in [0.2, 0.25) is 0 Å². The van der Waals surface area contributed by atoms with Gasteiger partial charge in [0.25, 0.3) is 5.91 Å². The van der Waals surface area contributed by atoms with Crippen molar-refractivity contribution in [2.75, 3.05) is 0 Å². The molecule has 1 amide bonds. The number of rotatable bonds is 2. The van der Waals surface area contributed by atoms with Crippen molar-refractivity contribution in [1.29, 1.82) is 0 Å². The molecule has 2 heterocycles. The summed E-state index contributed by atoms with van der Waals surface area (Å²) in [5.74, 6) is 0.0414. The van der Waals surface area contributed by atoms with Crippen LogP contribution in [0.1, 0.15) is 61.0 Å². The molecule has 1 fully saturated rings. The van der Waals surface area contributed by atoms with Crippen LogP contribution < -0.4 is 5.32 Å². The Morgan fingerprint density at radius 2 is 2.04 bits per heavy atom. The maximum Gasteiger partial charge on any atom is 0.251 e. The number of fused-ring (bicyclic) bond motifs is 5. The van der Waals surface area contributed by atoms with Crippen LogP contribution in [0.3, 0.4) is 0 Å². The van der Waals surface area contributed by atoms with Crippen molar-refractivity contribution in [3.8, 4) is 11.4 Å². The summed E-state index contributed by atoms with van der Waals surface area (Å²) in [7, 11) is 0. The van der Waals surface area contributed by atoms with Gasteiger partial charge >= 0.3 is 0 Å². The first-order chi connectivity index (χ1) is 12.1. The molecule has 0 atom stereocenters.